The number of carboxylic acid groups (broad SMARTS) is 1. The highest BCUT2D eigenvalue weighted by molar-refractivity contribution is 7.99. The van der Waals surface area contributed by atoms with Crippen molar-refractivity contribution in [3.63, 3.8) is 0 Å². The molecule has 0 fully saturated rings. The van der Waals surface area contributed by atoms with Crippen LogP contribution in [0.5, 0.6) is 0 Å². The quantitative estimate of drug-likeness (QED) is 0.729. The minimum atomic E-state index is -0.926. The Morgan fingerprint density at radius 2 is 2.00 bits per heavy atom. The number of carbonyl (C=O) groups is 2. The molecule has 0 aliphatic rings. The van der Waals surface area contributed by atoms with E-state index in [1.807, 2.05) is 13.8 Å². The smallest absolute Gasteiger partial charge is 0.313 e. The molecule has 0 radical (unpaired) electrons. The van der Waals surface area contributed by atoms with Crippen LogP contribution < -0.4 is 5.73 Å². The van der Waals surface area contributed by atoms with Gasteiger partial charge in [0.05, 0.1) is 11.2 Å². The third-order valence-electron chi connectivity index (χ3n) is 2.81. The van der Waals surface area contributed by atoms with Crippen molar-refractivity contribution in [1.82, 2.24) is 14.8 Å². The maximum Gasteiger partial charge on any atom is 0.313 e. The van der Waals surface area contributed by atoms with Gasteiger partial charge in [0.2, 0.25) is 5.91 Å². The summed E-state index contributed by atoms with van der Waals surface area (Å²) in [5.41, 5.74) is 4.63. The van der Waals surface area contributed by atoms with Crippen molar-refractivity contribution in [2.45, 2.75) is 45.3 Å². The number of hydrogen-bond donors (Lipinski definition) is 2. The van der Waals surface area contributed by atoms with Crippen LogP contribution in [0.2, 0.25) is 0 Å². The standard InChI is InChI=1S/C12H20N4O3S/c1-7(2)9-14-15-11(20-5-8(17)18)16(9)6-12(3,4)10(13)19/h7H,5-6H2,1-4H3,(H2,13,19)(H,17,18). The molecule has 0 saturated carbocycles. The third-order valence-corrected chi connectivity index (χ3v) is 3.76. The lowest BCUT2D eigenvalue weighted by Gasteiger charge is -2.23. The summed E-state index contributed by atoms with van der Waals surface area (Å²) in [6.07, 6.45) is 0. The van der Waals surface area contributed by atoms with Gasteiger partial charge < -0.3 is 15.4 Å². The molecule has 1 aromatic rings. The maximum atomic E-state index is 11.5. The van der Waals surface area contributed by atoms with Crippen LogP contribution in [0.15, 0.2) is 5.16 Å². The molecule has 8 heteroatoms. The van der Waals surface area contributed by atoms with Crippen molar-refractivity contribution < 1.29 is 14.7 Å². The van der Waals surface area contributed by atoms with Gasteiger partial charge in [0, 0.05) is 12.5 Å². The molecule has 0 aliphatic carbocycles. The number of amides is 1. The number of hydrogen-bond acceptors (Lipinski definition) is 5. The van der Waals surface area contributed by atoms with Gasteiger partial charge in [-0.05, 0) is 13.8 Å². The lowest BCUT2D eigenvalue weighted by Crippen LogP contribution is -2.36. The molecule has 0 spiro atoms. The van der Waals surface area contributed by atoms with Gasteiger partial charge in [0.1, 0.15) is 5.82 Å². The number of nitrogens with two attached hydrogens (primary N) is 1. The average molecular weight is 300 g/mol. The number of thioether (sulfide) groups is 1. The Balaban J connectivity index is 3.09. The lowest BCUT2D eigenvalue weighted by molar-refractivity contribution is -0.134. The molecule has 1 heterocycles. The molecule has 112 valence electrons. The van der Waals surface area contributed by atoms with Crippen LogP contribution >= 0.6 is 11.8 Å². The lowest BCUT2D eigenvalue weighted by atomic mass is 9.92. The summed E-state index contributed by atoms with van der Waals surface area (Å²) in [6, 6.07) is 0. The highest BCUT2D eigenvalue weighted by atomic mass is 32.2. The fraction of sp³-hybridized carbons (Fsp3) is 0.667. The van der Waals surface area contributed by atoms with Crippen LogP contribution in [0.3, 0.4) is 0 Å². The van der Waals surface area contributed by atoms with E-state index in [9.17, 15) is 9.59 Å². The first kappa shape index (κ1) is 16.5. The first-order valence-corrected chi connectivity index (χ1v) is 7.21. The van der Waals surface area contributed by atoms with Gasteiger partial charge in [0.15, 0.2) is 5.16 Å². The summed E-state index contributed by atoms with van der Waals surface area (Å²) in [6.45, 7) is 7.73. The molecule has 1 rings (SSSR count). The molecule has 0 atom stereocenters. The number of aliphatic carboxylic acids is 1. The number of carboxylic acids is 1. The molecular weight excluding hydrogens is 280 g/mol. The Morgan fingerprint density at radius 1 is 1.40 bits per heavy atom. The van der Waals surface area contributed by atoms with Crippen LogP contribution in [0.25, 0.3) is 0 Å². The number of rotatable bonds is 7. The van der Waals surface area contributed by atoms with Crippen molar-refractivity contribution in [1.29, 1.82) is 0 Å². The Hall–Kier alpha value is -1.57. The van der Waals surface area contributed by atoms with E-state index in [0.29, 0.717) is 17.5 Å². The second-order valence-corrected chi connectivity index (χ2v) is 6.45. The molecule has 20 heavy (non-hydrogen) atoms. The topological polar surface area (TPSA) is 111 Å². The molecule has 7 nitrogen and oxygen atoms in total. The Kier molecular flexibility index (Phi) is 5.15. The van der Waals surface area contributed by atoms with E-state index in [4.69, 9.17) is 10.8 Å². The predicted octanol–water partition coefficient (Wildman–Crippen LogP) is 1.09. The van der Waals surface area contributed by atoms with E-state index in [2.05, 4.69) is 10.2 Å². The number of nitrogens with zero attached hydrogens (tertiary/aromatic N) is 3. The maximum absolute atomic E-state index is 11.5. The second kappa shape index (κ2) is 6.25. The van der Waals surface area contributed by atoms with Crippen LogP contribution in [-0.4, -0.2) is 37.5 Å². The summed E-state index contributed by atoms with van der Waals surface area (Å²) in [7, 11) is 0. The van der Waals surface area contributed by atoms with Gasteiger partial charge in [-0.15, -0.1) is 10.2 Å². The fourth-order valence-corrected chi connectivity index (χ4v) is 2.25. The van der Waals surface area contributed by atoms with E-state index < -0.39 is 17.3 Å². The first-order valence-electron chi connectivity index (χ1n) is 6.22. The Bertz CT molecular complexity index is 511. The number of primary amides is 1. The summed E-state index contributed by atoms with van der Waals surface area (Å²) < 4.78 is 1.78. The Morgan fingerprint density at radius 3 is 2.45 bits per heavy atom. The highest BCUT2D eigenvalue weighted by Crippen LogP contribution is 2.26. The third kappa shape index (κ3) is 3.96. The fourth-order valence-electron chi connectivity index (χ4n) is 1.58. The van der Waals surface area contributed by atoms with Crippen LogP contribution in [0, 0.1) is 5.41 Å². The normalized spacial score (nSPS) is 11.8. The van der Waals surface area contributed by atoms with Gasteiger partial charge in [0.25, 0.3) is 0 Å². The molecule has 1 amide bonds. The van der Waals surface area contributed by atoms with Crippen LogP contribution in [-0.2, 0) is 16.1 Å². The van der Waals surface area contributed by atoms with Crippen molar-refractivity contribution in [3.8, 4) is 0 Å². The van der Waals surface area contributed by atoms with Crippen LogP contribution in [0.4, 0.5) is 0 Å². The van der Waals surface area contributed by atoms with E-state index >= 15 is 0 Å². The largest absolute Gasteiger partial charge is 0.481 e. The van der Waals surface area contributed by atoms with Gasteiger partial charge in [-0.25, -0.2) is 0 Å². The van der Waals surface area contributed by atoms with E-state index in [1.54, 1.807) is 18.4 Å². The molecule has 1 aromatic heterocycles. The van der Waals surface area contributed by atoms with E-state index in [0.717, 1.165) is 11.8 Å². The molecule has 0 aromatic carbocycles. The first-order chi connectivity index (χ1) is 9.15. The highest BCUT2D eigenvalue weighted by Gasteiger charge is 2.29. The zero-order valence-corrected chi connectivity index (χ0v) is 12.9. The Labute approximate surface area is 121 Å². The minimum Gasteiger partial charge on any atom is -0.481 e. The van der Waals surface area contributed by atoms with Crippen molar-refractivity contribution in [3.05, 3.63) is 5.82 Å². The van der Waals surface area contributed by atoms with Gasteiger partial charge in [-0.2, -0.15) is 0 Å². The van der Waals surface area contributed by atoms with Crippen molar-refractivity contribution in [2.75, 3.05) is 5.75 Å². The van der Waals surface area contributed by atoms with Crippen LogP contribution in [0.1, 0.15) is 39.4 Å². The predicted molar refractivity (Wildman–Crippen MR) is 75.4 cm³/mol. The second-order valence-electron chi connectivity index (χ2n) is 5.51. The average Bonchev–Trinajstić information content (AvgIpc) is 2.68. The van der Waals surface area contributed by atoms with E-state index in [-0.39, 0.29) is 11.7 Å². The molecule has 0 saturated heterocycles. The molecule has 0 bridgehead atoms. The zero-order valence-electron chi connectivity index (χ0n) is 12.1. The summed E-state index contributed by atoms with van der Waals surface area (Å²) in [5.74, 6) is -0.620. The minimum absolute atomic E-state index is 0.104. The summed E-state index contributed by atoms with van der Waals surface area (Å²) in [5, 5.41) is 17.3. The zero-order chi connectivity index (χ0) is 15.5. The summed E-state index contributed by atoms with van der Waals surface area (Å²) in [4.78, 5) is 22.1. The molecule has 0 aliphatic heterocycles. The number of aromatic nitrogens is 3. The molecule has 0 unspecified atom stereocenters. The van der Waals surface area contributed by atoms with Gasteiger partial charge in [-0.1, -0.05) is 25.6 Å². The summed E-state index contributed by atoms with van der Waals surface area (Å²) >= 11 is 1.08. The number of carbonyl (C=O) groups excluding carboxylic acids is 1. The van der Waals surface area contributed by atoms with Gasteiger partial charge >= 0.3 is 5.97 Å². The molecule has 3 N–H and O–H groups in total. The van der Waals surface area contributed by atoms with E-state index in [1.165, 1.54) is 0 Å². The van der Waals surface area contributed by atoms with Crippen molar-refractivity contribution >= 4 is 23.6 Å². The molecular formula is C12H20N4O3S. The van der Waals surface area contributed by atoms with Crippen molar-refractivity contribution in [2.24, 2.45) is 11.1 Å². The SMILES string of the molecule is CC(C)c1nnc(SCC(=O)O)n1CC(C)(C)C(N)=O. The van der Waals surface area contributed by atoms with Gasteiger partial charge in [-0.3, -0.25) is 9.59 Å². The monoisotopic (exact) mass is 300 g/mol.